The zero-order valence-corrected chi connectivity index (χ0v) is 12.0. The van der Waals surface area contributed by atoms with E-state index in [0.717, 1.165) is 25.7 Å². The molecule has 5 rings (SSSR count). The zero-order chi connectivity index (χ0) is 14.4. The molecule has 3 heterocycles. The highest BCUT2D eigenvalue weighted by Crippen LogP contribution is 2.30. The maximum Gasteiger partial charge on any atom is 0.226 e. The standard InChI is InChI=1S/C17H20N2O2/c20-16-13-5-6-15(18-16)10-19(9-13)17(21)14-7-11-3-1-2-4-12(11)8-14/h1-4,13-15H,5-10H2,(H,18,20)/t13-,15+/m1/s1. The van der Waals surface area contributed by atoms with Crippen LogP contribution in [0.4, 0.5) is 0 Å². The molecule has 0 saturated carbocycles. The van der Waals surface area contributed by atoms with Gasteiger partial charge < -0.3 is 10.2 Å². The first-order valence-electron chi connectivity index (χ1n) is 7.86. The molecule has 1 aromatic carbocycles. The maximum absolute atomic E-state index is 12.8. The van der Waals surface area contributed by atoms with Gasteiger partial charge in [0.15, 0.2) is 0 Å². The summed E-state index contributed by atoms with van der Waals surface area (Å²) in [6, 6.07) is 8.49. The number of carbonyl (C=O) groups excluding carboxylic acids is 2. The molecule has 4 heteroatoms. The number of carbonyl (C=O) groups is 2. The van der Waals surface area contributed by atoms with Gasteiger partial charge in [-0.1, -0.05) is 24.3 Å². The Bertz CT molecular complexity index is 573. The van der Waals surface area contributed by atoms with Gasteiger partial charge in [0.1, 0.15) is 0 Å². The molecule has 110 valence electrons. The average molecular weight is 284 g/mol. The highest BCUT2D eigenvalue weighted by molar-refractivity contribution is 5.84. The van der Waals surface area contributed by atoms with Gasteiger partial charge in [0.05, 0.1) is 5.92 Å². The number of nitrogens with one attached hydrogen (secondary N) is 1. The Labute approximate surface area is 124 Å². The summed E-state index contributed by atoms with van der Waals surface area (Å²) in [7, 11) is 0. The molecule has 3 saturated heterocycles. The Balaban J connectivity index is 1.50. The molecule has 0 unspecified atom stereocenters. The van der Waals surface area contributed by atoms with Gasteiger partial charge in [0.2, 0.25) is 11.8 Å². The molecular formula is C17H20N2O2. The largest absolute Gasteiger partial charge is 0.351 e. The minimum atomic E-state index is -0.00326. The van der Waals surface area contributed by atoms with Crippen LogP contribution in [0.15, 0.2) is 24.3 Å². The molecule has 1 aromatic rings. The van der Waals surface area contributed by atoms with Crippen LogP contribution in [0.2, 0.25) is 0 Å². The van der Waals surface area contributed by atoms with Crippen molar-refractivity contribution in [3.63, 3.8) is 0 Å². The van der Waals surface area contributed by atoms with Crippen LogP contribution in [0.3, 0.4) is 0 Å². The summed E-state index contributed by atoms with van der Waals surface area (Å²) in [6.07, 6.45) is 3.63. The molecular weight excluding hydrogens is 264 g/mol. The van der Waals surface area contributed by atoms with E-state index in [4.69, 9.17) is 0 Å². The van der Waals surface area contributed by atoms with Crippen molar-refractivity contribution in [2.24, 2.45) is 11.8 Å². The molecule has 21 heavy (non-hydrogen) atoms. The molecule has 0 spiro atoms. The molecule has 0 radical (unpaired) electrons. The van der Waals surface area contributed by atoms with Gasteiger partial charge in [0.25, 0.3) is 0 Å². The second-order valence-corrected chi connectivity index (χ2v) is 6.60. The van der Waals surface area contributed by atoms with E-state index >= 15 is 0 Å². The smallest absolute Gasteiger partial charge is 0.226 e. The van der Waals surface area contributed by atoms with Crippen molar-refractivity contribution in [2.45, 2.75) is 31.7 Å². The number of amides is 2. The van der Waals surface area contributed by atoms with Gasteiger partial charge in [-0.15, -0.1) is 0 Å². The quantitative estimate of drug-likeness (QED) is 0.840. The summed E-state index contributed by atoms with van der Waals surface area (Å²) in [6.45, 7) is 1.29. The van der Waals surface area contributed by atoms with Crippen LogP contribution in [0.1, 0.15) is 24.0 Å². The molecule has 2 atom stereocenters. The third kappa shape index (κ3) is 2.23. The van der Waals surface area contributed by atoms with E-state index in [1.807, 2.05) is 17.0 Å². The molecule has 2 bridgehead atoms. The lowest BCUT2D eigenvalue weighted by molar-refractivity contribution is -0.135. The minimum absolute atomic E-state index is 0.00326. The molecule has 1 aliphatic carbocycles. The highest BCUT2D eigenvalue weighted by atomic mass is 16.2. The summed E-state index contributed by atoms with van der Waals surface area (Å²) in [5.41, 5.74) is 2.62. The van der Waals surface area contributed by atoms with Crippen LogP contribution >= 0.6 is 0 Å². The lowest BCUT2D eigenvalue weighted by Gasteiger charge is -2.25. The average Bonchev–Trinajstić information content (AvgIpc) is 2.73. The summed E-state index contributed by atoms with van der Waals surface area (Å²) in [4.78, 5) is 26.7. The van der Waals surface area contributed by atoms with E-state index in [-0.39, 0.29) is 29.7 Å². The molecule has 2 amide bonds. The Morgan fingerprint density at radius 3 is 2.48 bits per heavy atom. The first-order chi connectivity index (χ1) is 10.2. The lowest BCUT2D eigenvalue weighted by Crippen LogP contribution is -2.44. The summed E-state index contributed by atoms with van der Waals surface area (Å²) >= 11 is 0. The second-order valence-electron chi connectivity index (χ2n) is 6.60. The first kappa shape index (κ1) is 12.9. The molecule has 4 aliphatic rings. The first-order valence-corrected chi connectivity index (χ1v) is 7.86. The van der Waals surface area contributed by atoms with Crippen LogP contribution < -0.4 is 5.32 Å². The van der Waals surface area contributed by atoms with Crippen LogP contribution in [0.25, 0.3) is 0 Å². The van der Waals surface area contributed by atoms with E-state index in [9.17, 15) is 9.59 Å². The molecule has 1 N–H and O–H groups in total. The fourth-order valence-electron chi connectivity index (χ4n) is 4.01. The van der Waals surface area contributed by atoms with Gasteiger partial charge in [-0.25, -0.2) is 0 Å². The Hall–Kier alpha value is -1.84. The van der Waals surface area contributed by atoms with Gasteiger partial charge >= 0.3 is 0 Å². The summed E-state index contributed by atoms with van der Waals surface area (Å²) < 4.78 is 0. The number of hydrogen-bond donors (Lipinski definition) is 1. The minimum Gasteiger partial charge on any atom is -0.351 e. The van der Waals surface area contributed by atoms with Crippen molar-refractivity contribution in [3.8, 4) is 0 Å². The van der Waals surface area contributed by atoms with Crippen molar-refractivity contribution >= 4 is 11.8 Å². The van der Waals surface area contributed by atoms with Crippen LogP contribution in [0.5, 0.6) is 0 Å². The number of piperidine rings is 1. The molecule has 3 fully saturated rings. The predicted molar refractivity (Wildman–Crippen MR) is 78.6 cm³/mol. The Kier molecular flexibility index (Phi) is 2.98. The maximum atomic E-state index is 12.8. The number of benzene rings is 1. The van der Waals surface area contributed by atoms with Crippen molar-refractivity contribution in [3.05, 3.63) is 35.4 Å². The zero-order valence-electron chi connectivity index (χ0n) is 12.0. The lowest BCUT2D eigenvalue weighted by atomic mass is 9.96. The third-order valence-corrected chi connectivity index (χ3v) is 5.17. The third-order valence-electron chi connectivity index (χ3n) is 5.17. The topological polar surface area (TPSA) is 49.4 Å². The van der Waals surface area contributed by atoms with Crippen LogP contribution in [-0.2, 0) is 22.4 Å². The summed E-state index contributed by atoms with van der Waals surface area (Å²) in [5.74, 6) is 0.433. The van der Waals surface area contributed by atoms with E-state index in [2.05, 4.69) is 17.4 Å². The van der Waals surface area contributed by atoms with Crippen molar-refractivity contribution in [2.75, 3.05) is 13.1 Å². The Morgan fingerprint density at radius 1 is 1.10 bits per heavy atom. The Morgan fingerprint density at radius 2 is 1.81 bits per heavy atom. The van der Waals surface area contributed by atoms with Crippen LogP contribution in [0, 0.1) is 11.8 Å². The predicted octanol–water partition coefficient (Wildman–Crippen LogP) is 1.14. The number of hydrogen-bond acceptors (Lipinski definition) is 2. The fourth-order valence-corrected chi connectivity index (χ4v) is 4.01. The SMILES string of the molecule is O=C1N[C@H]2CC[C@@H]1CN(C(=O)C1Cc3ccccc3C1)C2. The van der Waals surface area contributed by atoms with E-state index < -0.39 is 0 Å². The second kappa shape index (κ2) is 4.86. The fraction of sp³-hybridized carbons (Fsp3) is 0.529. The van der Waals surface area contributed by atoms with Gasteiger partial charge in [-0.3, -0.25) is 9.59 Å². The van der Waals surface area contributed by atoms with E-state index in [1.54, 1.807) is 0 Å². The van der Waals surface area contributed by atoms with Gasteiger partial charge in [-0.05, 0) is 36.8 Å². The van der Waals surface area contributed by atoms with Crippen molar-refractivity contribution in [1.29, 1.82) is 0 Å². The molecule has 4 nitrogen and oxygen atoms in total. The summed E-state index contributed by atoms with van der Waals surface area (Å²) in [5, 5.41) is 3.04. The monoisotopic (exact) mass is 284 g/mol. The molecule has 0 aromatic heterocycles. The van der Waals surface area contributed by atoms with Crippen LogP contribution in [-0.4, -0.2) is 35.8 Å². The van der Waals surface area contributed by atoms with Gasteiger partial charge in [-0.2, -0.15) is 0 Å². The molecule has 3 aliphatic heterocycles. The van der Waals surface area contributed by atoms with Gasteiger partial charge in [0, 0.05) is 25.0 Å². The number of fused-ring (bicyclic) bond motifs is 5. The number of nitrogens with zero attached hydrogens (tertiary/aromatic N) is 1. The van der Waals surface area contributed by atoms with E-state index in [0.29, 0.717) is 13.1 Å². The van der Waals surface area contributed by atoms with Crippen molar-refractivity contribution < 1.29 is 9.59 Å². The highest BCUT2D eigenvalue weighted by Gasteiger charge is 2.39. The van der Waals surface area contributed by atoms with Crippen molar-refractivity contribution in [1.82, 2.24) is 10.2 Å². The van der Waals surface area contributed by atoms with E-state index in [1.165, 1.54) is 11.1 Å². The normalized spacial score (nSPS) is 28.2. The number of rotatable bonds is 1.